The average molecular weight is 578 g/mol. The first kappa shape index (κ1) is 24.0. The molecule has 1 fully saturated rings. The molecule has 0 bridgehead atoms. The first-order valence-electron chi connectivity index (χ1n) is 10.3. The van der Waals surface area contributed by atoms with Gasteiger partial charge in [-0.2, -0.15) is 0 Å². The molecule has 2 aliphatic rings. The molecule has 36 heavy (non-hydrogen) atoms. The van der Waals surface area contributed by atoms with Gasteiger partial charge >= 0.3 is 0 Å². The molecule has 2 amide bonds. The molecule has 184 valence electrons. The minimum atomic E-state index is -4.65. The molecule has 0 aliphatic carbocycles. The van der Waals surface area contributed by atoms with Gasteiger partial charge in [-0.1, -0.05) is 28.1 Å². The molecule has 3 aromatic rings. The Labute approximate surface area is 211 Å². The number of hydrogen-bond acceptors (Lipinski definition) is 6. The number of anilines is 2. The molecule has 0 saturated carbocycles. The molecule has 5 rings (SSSR count). The van der Waals surface area contributed by atoms with Gasteiger partial charge in [-0.3, -0.25) is 24.6 Å². The molecular formula is C23H14BrF2N3O6S. The standard InChI is InChI=1S/C23H14BrF2N3O6S/c24-14-3-1-13(2-4-14)11-27-20-8-6-16(29(32)33)9-17(20)23(22(27)31)28(21(30)12-36(23,34)35)15-5-7-18(25)19(26)10-15/h1-10H,11-12H2. The Morgan fingerprint density at radius 2 is 1.69 bits per heavy atom. The number of benzene rings is 3. The summed E-state index contributed by atoms with van der Waals surface area (Å²) in [4.78, 5) is 36.8. The highest BCUT2D eigenvalue weighted by Crippen LogP contribution is 2.53. The predicted octanol–water partition coefficient (Wildman–Crippen LogP) is 3.80. The van der Waals surface area contributed by atoms with Crippen molar-refractivity contribution in [1.29, 1.82) is 0 Å². The van der Waals surface area contributed by atoms with Crippen LogP contribution in [0.4, 0.5) is 25.8 Å². The Balaban J connectivity index is 1.79. The number of nitrogens with zero attached hydrogens (tertiary/aromatic N) is 3. The second-order valence-corrected chi connectivity index (χ2v) is 11.2. The van der Waals surface area contributed by atoms with Gasteiger partial charge in [-0.15, -0.1) is 0 Å². The molecule has 2 aliphatic heterocycles. The number of sulfone groups is 1. The Morgan fingerprint density at radius 1 is 1.00 bits per heavy atom. The van der Waals surface area contributed by atoms with Gasteiger partial charge in [0, 0.05) is 33.9 Å². The van der Waals surface area contributed by atoms with Gasteiger partial charge in [0.25, 0.3) is 16.5 Å². The van der Waals surface area contributed by atoms with Crippen LogP contribution in [0, 0.1) is 21.7 Å². The average Bonchev–Trinajstić information content (AvgIpc) is 3.19. The van der Waals surface area contributed by atoms with Crippen molar-refractivity contribution in [2.75, 3.05) is 15.6 Å². The molecular weight excluding hydrogens is 564 g/mol. The molecule has 1 atom stereocenters. The van der Waals surface area contributed by atoms with E-state index in [1.807, 2.05) is 0 Å². The van der Waals surface area contributed by atoms with E-state index in [4.69, 9.17) is 0 Å². The molecule has 3 aromatic carbocycles. The van der Waals surface area contributed by atoms with Crippen LogP contribution in [0.15, 0.2) is 65.1 Å². The van der Waals surface area contributed by atoms with Gasteiger partial charge < -0.3 is 4.90 Å². The van der Waals surface area contributed by atoms with Crippen LogP contribution in [0.1, 0.15) is 11.1 Å². The smallest absolute Gasteiger partial charge is 0.274 e. The van der Waals surface area contributed by atoms with E-state index < -0.39 is 54.5 Å². The van der Waals surface area contributed by atoms with E-state index in [9.17, 15) is 36.9 Å². The molecule has 0 radical (unpaired) electrons. The zero-order chi connectivity index (χ0) is 26.0. The summed E-state index contributed by atoms with van der Waals surface area (Å²) in [5, 5.41) is 11.5. The van der Waals surface area contributed by atoms with E-state index in [2.05, 4.69) is 15.9 Å². The minimum Gasteiger partial charge on any atom is -0.304 e. The summed E-state index contributed by atoms with van der Waals surface area (Å²) in [5.74, 6) is -5.83. The van der Waals surface area contributed by atoms with Gasteiger partial charge in [-0.05, 0) is 35.9 Å². The number of nitro benzene ring substituents is 1. The van der Waals surface area contributed by atoms with Crippen molar-refractivity contribution in [2.24, 2.45) is 0 Å². The van der Waals surface area contributed by atoms with Crippen LogP contribution in [0.5, 0.6) is 0 Å². The third kappa shape index (κ3) is 3.33. The Morgan fingerprint density at radius 3 is 2.33 bits per heavy atom. The molecule has 9 nitrogen and oxygen atoms in total. The van der Waals surface area contributed by atoms with Crippen molar-refractivity contribution in [3.63, 3.8) is 0 Å². The Kier molecular flexibility index (Phi) is 5.45. The molecule has 1 saturated heterocycles. The maximum atomic E-state index is 14.1. The van der Waals surface area contributed by atoms with E-state index in [1.165, 1.54) is 6.07 Å². The second kappa shape index (κ2) is 8.17. The van der Waals surface area contributed by atoms with Crippen molar-refractivity contribution in [2.45, 2.75) is 11.4 Å². The van der Waals surface area contributed by atoms with E-state index in [0.717, 1.165) is 27.6 Å². The third-order valence-electron chi connectivity index (χ3n) is 6.13. The molecule has 0 N–H and O–H groups in total. The first-order valence-corrected chi connectivity index (χ1v) is 12.8. The summed E-state index contributed by atoms with van der Waals surface area (Å²) < 4.78 is 55.7. The molecule has 2 heterocycles. The highest BCUT2D eigenvalue weighted by Gasteiger charge is 2.70. The number of fused-ring (bicyclic) bond motifs is 2. The number of nitro groups is 1. The van der Waals surface area contributed by atoms with Crippen LogP contribution in [-0.4, -0.2) is 30.9 Å². The van der Waals surface area contributed by atoms with Gasteiger partial charge in [0.15, 0.2) is 21.5 Å². The van der Waals surface area contributed by atoms with Crippen molar-refractivity contribution >= 4 is 54.6 Å². The predicted molar refractivity (Wildman–Crippen MR) is 128 cm³/mol. The lowest BCUT2D eigenvalue weighted by atomic mass is 10.0. The van der Waals surface area contributed by atoms with Crippen molar-refractivity contribution < 1.29 is 31.7 Å². The largest absolute Gasteiger partial charge is 0.304 e. The molecule has 0 aromatic heterocycles. The third-order valence-corrected chi connectivity index (χ3v) is 8.76. The number of carbonyl (C=O) groups is 2. The van der Waals surface area contributed by atoms with E-state index >= 15 is 0 Å². The monoisotopic (exact) mass is 577 g/mol. The van der Waals surface area contributed by atoms with Gasteiger partial charge in [0.05, 0.1) is 17.2 Å². The second-order valence-electron chi connectivity index (χ2n) is 8.21. The molecule has 1 spiro atoms. The van der Waals surface area contributed by atoms with Gasteiger partial charge in [0.2, 0.25) is 5.91 Å². The van der Waals surface area contributed by atoms with Crippen LogP contribution in [0.25, 0.3) is 0 Å². The minimum absolute atomic E-state index is 0.0411. The number of carbonyl (C=O) groups excluding carboxylic acids is 2. The lowest BCUT2D eigenvalue weighted by Crippen LogP contribution is -2.54. The summed E-state index contributed by atoms with van der Waals surface area (Å²) in [6, 6.07) is 12.4. The molecule has 13 heteroatoms. The lowest BCUT2D eigenvalue weighted by molar-refractivity contribution is -0.384. The molecule has 1 unspecified atom stereocenters. The maximum Gasteiger partial charge on any atom is 0.274 e. The Hall–Kier alpha value is -3.71. The lowest BCUT2D eigenvalue weighted by Gasteiger charge is -2.32. The highest BCUT2D eigenvalue weighted by atomic mass is 79.9. The summed E-state index contributed by atoms with van der Waals surface area (Å²) >= 11 is 3.31. The van der Waals surface area contributed by atoms with E-state index in [0.29, 0.717) is 22.6 Å². The number of rotatable bonds is 4. The SMILES string of the molecule is O=C1CS(=O)(=O)C2(C(=O)N(Cc3ccc(Br)cc3)c3ccc([N+](=O)[O-])cc32)N1c1ccc(F)c(F)c1. The summed E-state index contributed by atoms with van der Waals surface area (Å²) in [5.41, 5.74) is -0.551. The van der Waals surface area contributed by atoms with Crippen molar-refractivity contribution in [1.82, 2.24) is 0 Å². The zero-order valence-electron chi connectivity index (χ0n) is 18.0. The van der Waals surface area contributed by atoms with Crippen molar-refractivity contribution in [3.8, 4) is 0 Å². The van der Waals surface area contributed by atoms with Gasteiger partial charge in [0.1, 0.15) is 5.75 Å². The summed E-state index contributed by atoms with van der Waals surface area (Å²) in [6.45, 7) is -0.117. The zero-order valence-corrected chi connectivity index (χ0v) is 20.4. The van der Waals surface area contributed by atoms with Crippen LogP contribution < -0.4 is 9.80 Å². The Bertz CT molecular complexity index is 1580. The quantitative estimate of drug-likeness (QED) is 0.344. The van der Waals surface area contributed by atoms with E-state index in [-0.39, 0.29) is 23.5 Å². The van der Waals surface area contributed by atoms with Crippen LogP contribution in [0.2, 0.25) is 0 Å². The van der Waals surface area contributed by atoms with Crippen LogP contribution >= 0.6 is 15.9 Å². The highest BCUT2D eigenvalue weighted by molar-refractivity contribution is 9.10. The normalized spacial score (nSPS) is 20.3. The van der Waals surface area contributed by atoms with Crippen molar-refractivity contribution in [3.05, 3.63) is 98.0 Å². The fraction of sp³-hybridized carbons (Fsp3) is 0.130. The number of halogens is 3. The summed E-state index contributed by atoms with van der Waals surface area (Å²) in [6.07, 6.45) is 0. The van der Waals surface area contributed by atoms with E-state index in [1.54, 1.807) is 24.3 Å². The number of non-ortho nitro benzene ring substituents is 1. The maximum absolute atomic E-state index is 14.1. The fourth-order valence-electron chi connectivity index (χ4n) is 4.59. The topological polar surface area (TPSA) is 118 Å². The first-order chi connectivity index (χ1) is 17.0. The summed E-state index contributed by atoms with van der Waals surface area (Å²) in [7, 11) is -4.65. The van der Waals surface area contributed by atoms with Crippen LogP contribution in [0.3, 0.4) is 0 Å². The fourth-order valence-corrected chi connectivity index (χ4v) is 6.88. The number of hydrogen-bond donors (Lipinski definition) is 0. The van der Waals surface area contributed by atoms with Crippen LogP contribution in [-0.2, 0) is 30.8 Å². The van der Waals surface area contributed by atoms with Gasteiger partial charge in [-0.25, -0.2) is 17.2 Å². The number of amides is 2.